The molecule has 0 aliphatic carbocycles. The molecule has 1 amide bonds. The van der Waals surface area contributed by atoms with Gasteiger partial charge >= 0.3 is 6.09 Å². The highest BCUT2D eigenvalue weighted by atomic mass is 79.9. The number of halogens is 1. The number of nitrogens with zero attached hydrogens (tertiary/aromatic N) is 2. The second kappa shape index (κ2) is 9.02. The number of carbonyl (C=O) groups excluding carboxylic acids is 1. The molecule has 1 unspecified atom stereocenters. The highest BCUT2D eigenvalue weighted by molar-refractivity contribution is 9.08. The fourth-order valence-electron chi connectivity index (χ4n) is 3.66. The number of piperidine rings is 1. The minimum atomic E-state index is -2.42. The first-order valence-corrected chi connectivity index (χ1v) is 11.8. The van der Waals surface area contributed by atoms with E-state index in [1.54, 1.807) is 4.90 Å². The van der Waals surface area contributed by atoms with Crippen LogP contribution < -0.4 is 4.31 Å². The summed E-state index contributed by atoms with van der Waals surface area (Å²) in [5.41, 5.74) is 1.24. The maximum Gasteiger partial charge on any atom is 0.410 e. The van der Waals surface area contributed by atoms with E-state index in [1.807, 2.05) is 57.2 Å². The summed E-state index contributed by atoms with van der Waals surface area (Å²) in [6.07, 6.45) is 0.765. The van der Waals surface area contributed by atoms with Crippen LogP contribution >= 0.6 is 15.9 Å². The topological polar surface area (TPSA) is 72.9 Å². The highest BCUT2D eigenvalue weighted by Gasteiger charge is 2.31. The van der Waals surface area contributed by atoms with Gasteiger partial charge in [-0.1, -0.05) is 46.3 Å². The Morgan fingerprint density at radius 1 is 1.21 bits per heavy atom. The summed E-state index contributed by atoms with van der Waals surface area (Å²) in [6.45, 7) is 6.43. The van der Waals surface area contributed by atoms with Gasteiger partial charge in [-0.3, -0.25) is 8.51 Å². The first kappa shape index (κ1) is 22.1. The van der Waals surface area contributed by atoms with Crippen molar-refractivity contribution in [2.75, 3.05) is 17.4 Å². The zero-order valence-electron chi connectivity index (χ0n) is 16.9. The third-order valence-corrected chi connectivity index (χ3v) is 6.40. The van der Waals surface area contributed by atoms with Crippen LogP contribution in [0.3, 0.4) is 0 Å². The van der Waals surface area contributed by atoms with E-state index < -0.39 is 16.9 Å². The standard InChI is InChI=1S/C21H27BrN2O4S/c1-21(2,3)28-20(25)23-12-10-16(11-13-23)24(29(26)27)19-9-8-15(14-22)17-6-4-5-7-18(17)19/h4-9,16H,10-14H2,1-3H3,(H,26,27)/p-1. The maximum atomic E-state index is 12.3. The lowest BCUT2D eigenvalue weighted by atomic mass is 10.0. The summed E-state index contributed by atoms with van der Waals surface area (Å²) in [5, 5.41) is 2.63. The molecule has 29 heavy (non-hydrogen) atoms. The van der Waals surface area contributed by atoms with Crippen molar-refractivity contribution in [1.82, 2.24) is 4.90 Å². The first-order valence-electron chi connectivity index (χ1n) is 9.64. The van der Waals surface area contributed by atoms with Crippen molar-refractivity contribution in [2.45, 2.75) is 50.6 Å². The van der Waals surface area contributed by atoms with Crippen LogP contribution in [0.2, 0.25) is 0 Å². The molecule has 0 N–H and O–H groups in total. The van der Waals surface area contributed by atoms with Crippen molar-refractivity contribution in [3.63, 3.8) is 0 Å². The van der Waals surface area contributed by atoms with Gasteiger partial charge in [-0.05, 0) is 50.6 Å². The van der Waals surface area contributed by atoms with Gasteiger partial charge in [0.2, 0.25) is 0 Å². The number of fused-ring (bicyclic) bond motifs is 1. The number of ether oxygens (including phenoxy) is 1. The summed E-state index contributed by atoms with van der Waals surface area (Å²) < 4.78 is 31.3. The van der Waals surface area contributed by atoms with Crippen LogP contribution in [0, 0.1) is 0 Å². The molecular formula is C21H26BrN2O4S-. The minimum Gasteiger partial charge on any atom is -0.755 e. The summed E-state index contributed by atoms with van der Waals surface area (Å²) in [6, 6.07) is 11.5. The van der Waals surface area contributed by atoms with Gasteiger partial charge in [-0.15, -0.1) is 0 Å². The van der Waals surface area contributed by atoms with Crippen molar-refractivity contribution >= 4 is 49.7 Å². The van der Waals surface area contributed by atoms with E-state index in [0.717, 1.165) is 16.3 Å². The van der Waals surface area contributed by atoms with E-state index in [9.17, 15) is 13.6 Å². The molecule has 1 heterocycles. The average molecular weight is 482 g/mol. The van der Waals surface area contributed by atoms with Gasteiger partial charge < -0.3 is 14.2 Å². The van der Waals surface area contributed by atoms with Crippen molar-refractivity contribution in [2.24, 2.45) is 0 Å². The third-order valence-electron chi connectivity index (χ3n) is 4.98. The lowest BCUT2D eigenvalue weighted by Crippen LogP contribution is -2.48. The highest BCUT2D eigenvalue weighted by Crippen LogP contribution is 2.34. The number of rotatable bonds is 4. The molecule has 1 fully saturated rings. The van der Waals surface area contributed by atoms with Gasteiger partial charge in [-0.2, -0.15) is 0 Å². The Hall–Kier alpha value is -1.64. The quantitative estimate of drug-likeness (QED) is 0.467. The van der Waals surface area contributed by atoms with E-state index in [4.69, 9.17) is 4.74 Å². The zero-order chi connectivity index (χ0) is 21.2. The second-order valence-corrected chi connectivity index (χ2v) is 9.55. The third kappa shape index (κ3) is 5.10. The number of anilines is 1. The number of alkyl halides is 1. The molecule has 1 aliphatic rings. The molecule has 1 aliphatic heterocycles. The Morgan fingerprint density at radius 3 is 2.38 bits per heavy atom. The predicted octanol–water partition coefficient (Wildman–Crippen LogP) is 4.73. The molecule has 158 valence electrons. The Bertz CT molecular complexity index is 907. The molecule has 0 saturated carbocycles. The van der Waals surface area contributed by atoms with Gasteiger partial charge in [0.05, 0.1) is 5.69 Å². The van der Waals surface area contributed by atoms with Gasteiger partial charge in [0.15, 0.2) is 0 Å². The summed E-state index contributed by atoms with van der Waals surface area (Å²) in [7, 11) is 0. The number of hydrogen-bond acceptors (Lipinski definition) is 4. The SMILES string of the molecule is CC(C)(C)OC(=O)N1CCC(N(c2ccc(CBr)c3ccccc23)S(=O)[O-])CC1. The largest absolute Gasteiger partial charge is 0.755 e. The van der Waals surface area contributed by atoms with Gasteiger partial charge in [0.25, 0.3) is 0 Å². The van der Waals surface area contributed by atoms with Crippen molar-refractivity contribution in [1.29, 1.82) is 0 Å². The molecule has 8 heteroatoms. The monoisotopic (exact) mass is 481 g/mol. The van der Waals surface area contributed by atoms with Crippen LogP contribution in [0.25, 0.3) is 10.8 Å². The molecule has 0 spiro atoms. The van der Waals surface area contributed by atoms with Crippen molar-refractivity contribution in [3.05, 3.63) is 42.0 Å². The lowest BCUT2D eigenvalue weighted by Gasteiger charge is -2.40. The molecule has 3 rings (SSSR count). The molecule has 1 atom stereocenters. The van der Waals surface area contributed by atoms with Gasteiger partial charge in [0, 0.05) is 41.1 Å². The Labute approximate surface area is 182 Å². The predicted molar refractivity (Wildman–Crippen MR) is 119 cm³/mol. The first-order chi connectivity index (χ1) is 13.7. The normalized spacial score (nSPS) is 16.7. The fraction of sp³-hybridized carbons (Fsp3) is 0.476. The zero-order valence-corrected chi connectivity index (χ0v) is 19.3. The van der Waals surface area contributed by atoms with Crippen LogP contribution in [-0.2, 0) is 21.3 Å². The van der Waals surface area contributed by atoms with Gasteiger partial charge in [-0.25, -0.2) is 4.79 Å². The molecular weight excluding hydrogens is 456 g/mol. The van der Waals surface area contributed by atoms with Crippen LogP contribution in [0.1, 0.15) is 39.2 Å². The molecule has 2 aromatic carbocycles. The summed E-state index contributed by atoms with van der Waals surface area (Å²) >= 11 is 1.08. The second-order valence-electron chi connectivity index (χ2n) is 8.16. The molecule has 6 nitrogen and oxygen atoms in total. The smallest absolute Gasteiger partial charge is 0.410 e. The lowest BCUT2D eigenvalue weighted by molar-refractivity contribution is 0.0208. The number of likely N-dealkylation sites (tertiary alicyclic amines) is 1. The number of hydrogen-bond donors (Lipinski definition) is 0. The van der Waals surface area contributed by atoms with E-state index in [1.165, 1.54) is 4.31 Å². The Kier molecular flexibility index (Phi) is 6.86. The van der Waals surface area contributed by atoms with Gasteiger partial charge in [0.1, 0.15) is 5.60 Å². The number of amides is 1. The van der Waals surface area contributed by atoms with E-state index in [0.29, 0.717) is 36.9 Å². The summed E-state index contributed by atoms with van der Waals surface area (Å²) in [4.78, 5) is 14.0. The average Bonchev–Trinajstić information content (AvgIpc) is 2.67. The van der Waals surface area contributed by atoms with Crippen LogP contribution in [-0.4, -0.2) is 44.5 Å². The molecule has 0 bridgehead atoms. The Morgan fingerprint density at radius 2 is 1.83 bits per heavy atom. The Balaban J connectivity index is 1.83. The molecule has 0 aromatic heterocycles. The molecule has 2 aromatic rings. The van der Waals surface area contributed by atoms with E-state index >= 15 is 0 Å². The van der Waals surface area contributed by atoms with Crippen LogP contribution in [0.4, 0.5) is 10.5 Å². The molecule has 0 radical (unpaired) electrons. The van der Waals surface area contributed by atoms with Crippen LogP contribution in [0.15, 0.2) is 36.4 Å². The van der Waals surface area contributed by atoms with Crippen molar-refractivity contribution < 1.29 is 18.3 Å². The molecule has 1 saturated heterocycles. The fourth-order valence-corrected chi connectivity index (χ4v) is 4.93. The maximum absolute atomic E-state index is 12.3. The van der Waals surface area contributed by atoms with E-state index in [2.05, 4.69) is 15.9 Å². The van der Waals surface area contributed by atoms with Crippen LogP contribution in [0.5, 0.6) is 0 Å². The minimum absolute atomic E-state index is 0.203. The number of carbonyl (C=O) groups is 1. The number of benzene rings is 2. The summed E-state index contributed by atoms with van der Waals surface area (Å²) in [5.74, 6) is 0. The van der Waals surface area contributed by atoms with E-state index in [-0.39, 0.29) is 12.1 Å². The van der Waals surface area contributed by atoms with Crippen molar-refractivity contribution in [3.8, 4) is 0 Å².